The Morgan fingerprint density at radius 2 is 1.93 bits per heavy atom. The van der Waals surface area contributed by atoms with Gasteiger partial charge in [-0.1, -0.05) is 11.8 Å². The molecule has 0 atom stereocenters. The van der Waals surface area contributed by atoms with Crippen LogP contribution >= 0.6 is 0 Å². The summed E-state index contributed by atoms with van der Waals surface area (Å²) < 4.78 is 0. The quantitative estimate of drug-likeness (QED) is 0.540. The van der Waals surface area contributed by atoms with Crippen LogP contribution in [0, 0.1) is 25.7 Å². The third-order valence-corrected chi connectivity index (χ3v) is 1.91. The molecule has 14 heavy (non-hydrogen) atoms. The Morgan fingerprint density at radius 1 is 1.36 bits per heavy atom. The number of aromatic hydroxyl groups is 1. The Balaban J connectivity index is 3.02. The molecule has 0 fully saturated rings. The maximum Gasteiger partial charge on any atom is 0.131 e. The van der Waals surface area contributed by atoms with Gasteiger partial charge >= 0.3 is 0 Å². The van der Waals surface area contributed by atoms with E-state index in [0.717, 1.165) is 23.0 Å². The molecule has 0 unspecified atom stereocenters. The van der Waals surface area contributed by atoms with Gasteiger partial charge in [-0.2, -0.15) is 0 Å². The lowest BCUT2D eigenvalue weighted by Crippen LogP contribution is -1.84. The van der Waals surface area contributed by atoms with Gasteiger partial charge in [-0.15, -0.1) is 0 Å². The zero-order valence-electron chi connectivity index (χ0n) is 8.29. The van der Waals surface area contributed by atoms with Gasteiger partial charge < -0.3 is 9.90 Å². The van der Waals surface area contributed by atoms with Crippen molar-refractivity contribution >= 4 is 6.29 Å². The molecule has 0 radical (unpaired) electrons. The summed E-state index contributed by atoms with van der Waals surface area (Å²) in [5, 5.41) is 9.50. The lowest BCUT2D eigenvalue weighted by Gasteiger charge is -2.02. The molecule has 1 aromatic rings. The minimum absolute atomic E-state index is 0.249. The summed E-state index contributed by atoms with van der Waals surface area (Å²) in [6, 6.07) is 3.61. The SMILES string of the molecule is Cc1cc(C#CCC=O)cc(C)c1O. The first kappa shape index (κ1) is 10.3. The second kappa shape index (κ2) is 4.48. The van der Waals surface area contributed by atoms with Crippen LogP contribution in [0.1, 0.15) is 23.1 Å². The molecule has 0 amide bonds. The molecule has 1 aromatic carbocycles. The van der Waals surface area contributed by atoms with Gasteiger partial charge in [0.1, 0.15) is 12.0 Å². The Bertz CT molecular complexity index is 385. The highest BCUT2D eigenvalue weighted by molar-refractivity contribution is 5.55. The Labute approximate surface area is 83.6 Å². The van der Waals surface area contributed by atoms with Crippen LogP contribution in [-0.4, -0.2) is 11.4 Å². The summed E-state index contributed by atoms with van der Waals surface area (Å²) >= 11 is 0. The average Bonchev–Trinajstić information content (AvgIpc) is 2.14. The molecule has 2 nitrogen and oxygen atoms in total. The summed E-state index contributed by atoms with van der Waals surface area (Å²) in [6.07, 6.45) is 1.02. The van der Waals surface area contributed by atoms with Gasteiger partial charge in [0.2, 0.25) is 0 Å². The molecule has 1 rings (SSSR count). The number of carbonyl (C=O) groups excluding carboxylic acids is 1. The topological polar surface area (TPSA) is 37.3 Å². The molecule has 1 N–H and O–H groups in total. The van der Waals surface area contributed by atoms with Crippen molar-refractivity contribution in [3.8, 4) is 17.6 Å². The maximum atomic E-state index is 10.0. The average molecular weight is 188 g/mol. The highest BCUT2D eigenvalue weighted by atomic mass is 16.3. The van der Waals surface area contributed by atoms with Gasteiger partial charge in [0.25, 0.3) is 0 Å². The lowest BCUT2D eigenvalue weighted by atomic mass is 10.1. The van der Waals surface area contributed by atoms with E-state index in [1.807, 2.05) is 13.8 Å². The highest BCUT2D eigenvalue weighted by Gasteiger charge is 2.00. The van der Waals surface area contributed by atoms with Crippen molar-refractivity contribution in [1.29, 1.82) is 0 Å². The molecular weight excluding hydrogens is 176 g/mol. The molecule has 72 valence electrons. The fraction of sp³-hybridized carbons (Fsp3) is 0.250. The smallest absolute Gasteiger partial charge is 0.131 e. The monoisotopic (exact) mass is 188 g/mol. The van der Waals surface area contributed by atoms with Crippen molar-refractivity contribution in [3.05, 3.63) is 28.8 Å². The third-order valence-electron chi connectivity index (χ3n) is 1.91. The summed E-state index contributed by atoms with van der Waals surface area (Å²) in [4.78, 5) is 10.0. The molecule has 0 aliphatic heterocycles. The predicted octanol–water partition coefficient (Wildman–Crippen LogP) is 1.95. The van der Waals surface area contributed by atoms with E-state index in [2.05, 4.69) is 11.8 Å². The van der Waals surface area contributed by atoms with Crippen molar-refractivity contribution in [2.45, 2.75) is 20.3 Å². The number of aryl methyl sites for hydroxylation is 2. The van der Waals surface area contributed by atoms with E-state index in [1.54, 1.807) is 12.1 Å². The molecule has 0 heterocycles. The maximum absolute atomic E-state index is 10.0. The first-order valence-electron chi connectivity index (χ1n) is 4.38. The van der Waals surface area contributed by atoms with Gasteiger partial charge in [0.15, 0.2) is 0 Å². The largest absolute Gasteiger partial charge is 0.507 e. The Morgan fingerprint density at radius 3 is 2.43 bits per heavy atom. The Kier molecular flexibility index (Phi) is 3.30. The molecule has 0 bridgehead atoms. The summed E-state index contributed by atoms with van der Waals surface area (Å²) in [5.74, 6) is 5.90. The fourth-order valence-corrected chi connectivity index (χ4v) is 1.22. The molecule has 0 spiro atoms. The third kappa shape index (κ3) is 2.37. The second-order valence-corrected chi connectivity index (χ2v) is 3.13. The number of hydrogen-bond acceptors (Lipinski definition) is 2. The molecule has 2 heteroatoms. The molecular formula is C12H12O2. The van der Waals surface area contributed by atoms with Crippen LogP contribution in [0.3, 0.4) is 0 Å². The first-order valence-corrected chi connectivity index (χ1v) is 4.38. The van der Waals surface area contributed by atoms with Crippen molar-refractivity contribution in [2.24, 2.45) is 0 Å². The van der Waals surface area contributed by atoms with Gasteiger partial charge in [-0.3, -0.25) is 0 Å². The van der Waals surface area contributed by atoms with E-state index in [4.69, 9.17) is 0 Å². The predicted molar refractivity (Wildman–Crippen MR) is 55.1 cm³/mol. The number of aldehydes is 1. The van der Waals surface area contributed by atoms with Gasteiger partial charge in [0, 0.05) is 5.56 Å². The van der Waals surface area contributed by atoms with Gasteiger partial charge in [0.05, 0.1) is 6.42 Å². The van der Waals surface area contributed by atoms with E-state index < -0.39 is 0 Å². The van der Waals surface area contributed by atoms with E-state index >= 15 is 0 Å². The summed E-state index contributed by atoms with van der Waals surface area (Å²) in [7, 11) is 0. The molecule has 0 saturated heterocycles. The molecule has 0 aliphatic rings. The first-order chi connectivity index (χ1) is 6.65. The fourth-order valence-electron chi connectivity index (χ4n) is 1.22. The lowest BCUT2D eigenvalue weighted by molar-refractivity contribution is -0.107. The molecule has 0 aromatic heterocycles. The minimum Gasteiger partial charge on any atom is -0.507 e. The highest BCUT2D eigenvalue weighted by Crippen LogP contribution is 2.22. The van der Waals surface area contributed by atoms with Crippen LogP contribution in [0.25, 0.3) is 0 Å². The minimum atomic E-state index is 0.249. The van der Waals surface area contributed by atoms with Crippen molar-refractivity contribution < 1.29 is 9.90 Å². The number of rotatable bonds is 1. The van der Waals surface area contributed by atoms with Crippen LogP contribution in [0.15, 0.2) is 12.1 Å². The second-order valence-electron chi connectivity index (χ2n) is 3.13. The standard InChI is InChI=1S/C12H12O2/c1-9-7-11(5-3-4-6-13)8-10(2)12(9)14/h6-8,14H,4H2,1-2H3. The van der Waals surface area contributed by atoms with Gasteiger partial charge in [-0.25, -0.2) is 0 Å². The zero-order valence-corrected chi connectivity index (χ0v) is 8.29. The van der Waals surface area contributed by atoms with Crippen LogP contribution in [0.5, 0.6) is 5.75 Å². The van der Waals surface area contributed by atoms with E-state index in [0.29, 0.717) is 5.75 Å². The Hall–Kier alpha value is -1.75. The number of benzene rings is 1. The van der Waals surface area contributed by atoms with Crippen LogP contribution in [0.2, 0.25) is 0 Å². The number of hydrogen-bond donors (Lipinski definition) is 1. The number of phenols is 1. The van der Waals surface area contributed by atoms with E-state index in [9.17, 15) is 9.90 Å². The van der Waals surface area contributed by atoms with Crippen molar-refractivity contribution in [1.82, 2.24) is 0 Å². The van der Waals surface area contributed by atoms with Crippen LogP contribution in [-0.2, 0) is 4.79 Å². The molecule has 0 saturated carbocycles. The summed E-state index contributed by atoms with van der Waals surface area (Å²) in [5.41, 5.74) is 2.44. The number of phenolic OH excluding ortho intramolecular Hbond substituents is 1. The van der Waals surface area contributed by atoms with Crippen molar-refractivity contribution in [2.75, 3.05) is 0 Å². The normalized spacial score (nSPS) is 9.00. The number of carbonyl (C=O) groups is 1. The van der Waals surface area contributed by atoms with E-state index in [1.165, 1.54) is 0 Å². The van der Waals surface area contributed by atoms with Crippen LogP contribution < -0.4 is 0 Å². The van der Waals surface area contributed by atoms with E-state index in [-0.39, 0.29) is 6.42 Å². The van der Waals surface area contributed by atoms with Crippen molar-refractivity contribution in [3.63, 3.8) is 0 Å². The van der Waals surface area contributed by atoms with Crippen LogP contribution in [0.4, 0.5) is 0 Å². The van der Waals surface area contributed by atoms with Gasteiger partial charge in [-0.05, 0) is 37.1 Å². The zero-order chi connectivity index (χ0) is 10.6. The summed E-state index contributed by atoms with van der Waals surface area (Å²) in [6.45, 7) is 3.65. The molecule has 0 aliphatic carbocycles.